The fourth-order valence-electron chi connectivity index (χ4n) is 7.83. The van der Waals surface area contributed by atoms with Crippen molar-refractivity contribution < 1.29 is 19.1 Å². The predicted octanol–water partition coefficient (Wildman–Crippen LogP) is 6.24. The van der Waals surface area contributed by atoms with Crippen LogP contribution in [0.15, 0.2) is 23.3 Å². The molecule has 4 rings (SSSR count). The summed E-state index contributed by atoms with van der Waals surface area (Å²) in [5.41, 5.74) is -0.543. The lowest BCUT2D eigenvalue weighted by Gasteiger charge is -2.31. The number of fused-ring (bicyclic) bond motifs is 4. The van der Waals surface area contributed by atoms with Gasteiger partial charge in [-0.25, -0.2) is 0 Å². The maximum atomic E-state index is 13.6. The Balaban J connectivity index is 1.90. The number of esters is 1. The number of Topliss-reactive ketones (excluding diaryl/α,β-unsaturated/α-hetero) is 2. The minimum Gasteiger partial charge on any atom is -0.465 e. The second-order valence-corrected chi connectivity index (χ2v) is 12.7. The molecule has 4 saturated carbocycles. The summed E-state index contributed by atoms with van der Waals surface area (Å²) in [6.07, 6.45) is 8.90. The Morgan fingerprint density at radius 1 is 0.879 bits per heavy atom. The van der Waals surface area contributed by atoms with Gasteiger partial charge in [-0.3, -0.25) is 14.4 Å². The second-order valence-electron chi connectivity index (χ2n) is 12.7. The molecule has 0 amide bonds. The highest BCUT2D eigenvalue weighted by atomic mass is 16.5. The van der Waals surface area contributed by atoms with Crippen LogP contribution in [0.25, 0.3) is 0 Å². The third-order valence-electron chi connectivity index (χ3n) is 10.9. The van der Waals surface area contributed by atoms with Crippen molar-refractivity contribution in [3.8, 4) is 0 Å². The van der Waals surface area contributed by atoms with Gasteiger partial charge >= 0.3 is 5.97 Å². The Morgan fingerprint density at radius 3 is 1.61 bits per heavy atom. The van der Waals surface area contributed by atoms with Crippen LogP contribution < -0.4 is 0 Å². The van der Waals surface area contributed by atoms with Gasteiger partial charge in [0.2, 0.25) is 0 Å². The highest BCUT2D eigenvalue weighted by molar-refractivity contribution is 6.07. The molecule has 182 valence electrons. The van der Waals surface area contributed by atoms with Gasteiger partial charge in [0.15, 0.2) is 11.6 Å². The first-order valence-corrected chi connectivity index (χ1v) is 13.0. The number of ether oxygens (including phenoxy) is 1. The van der Waals surface area contributed by atoms with E-state index in [-0.39, 0.29) is 57.6 Å². The summed E-state index contributed by atoms with van der Waals surface area (Å²) in [5, 5.41) is 0. The Bertz CT molecular complexity index is 900. The summed E-state index contributed by atoms with van der Waals surface area (Å²) in [5.74, 6) is 0.313. The largest absolute Gasteiger partial charge is 0.465 e. The van der Waals surface area contributed by atoms with Crippen LogP contribution in [0.3, 0.4) is 0 Å². The van der Waals surface area contributed by atoms with Crippen molar-refractivity contribution in [3.63, 3.8) is 0 Å². The monoisotopic (exact) mass is 454 g/mol. The lowest BCUT2D eigenvalue weighted by atomic mass is 9.70. The smallest absolute Gasteiger partial charge is 0.319 e. The minimum absolute atomic E-state index is 0.132. The molecule has 0 aromatic rings. The molecule has 0 aromatic carbocycles. The summed E-state index contributed by atoms with van der Waals surface area (Å²) < 4.78 is 5.61. The summed E-state index contributed by atoms with van der Waals surface area (Å²) in [4.78, 5) is 40.9. The first-order valence-electron chi connectivity index (χ1n) is 13.0. The third-order valence-corrected chi connectivity index (χ3v) is 10.9. The van der Waals surface area contributed by atoms with Crippen molar-refractivity contribution >= 4 is 17.5 Å². The normalized spacial score (nSPS) is 40.1. The highest BCUT2D eigenvalue weighted by Gasteiger charge is 2.66. The number of rotatable bonds is 6. The van der Waals surface area contributed by atoms with Gasteiger partial charge in [-0.05, 0) is 72.8 Å². The zero-order valence-electron chi connectivity index (χ0n) is 21.9. The number of carbonyl (C=O) groups is 3. The van der Waals surface area contributed by atoms with Gasteiger partial charge in [0.25, 0.3) is 0 Å². The Morgan fingerprint density at radius 2 is 1.30 bits per heavy atom. The first kappa shape index (κ1) is 24.4. The van der Waals surface area contributed by atoms with E-state index in [4.69, 9.17) is 4.74 Å². The van der Waals surface area contributed by atoms with Gasteiger partial charge in [-0.2, -0.15) is 0 Å². The zero-order chi connectivity index (χ0) is 24.6. The second kappa shape index (κ2) is 7.39. The molecule has 0 aliphatic heterocycles. The number of hydrogen-bond donors (Lipinski definition) is 0. The molecule has 0 aromatic heterocycles. The molecule has 0 radical (unpaired) electrons. The zero-order valence-corrected chi connectivity index (χ0v) is 21.9. The SMILES string of the molecule is CCCC(/C=C1\C(=O)[C@@]2(C)CC[C@H]1C2(C)C)(/C=C1\C(=O)[C@]2(C)CC[C@@H]1C2(C)C)C(=O)OCC. The van der Waals surface area contributed by atoms with Gasteiger partial charge < -0.3 is 4.74 Å². The molecule has 0 spiro atoms. The Labute approximate surface area is 199 Å². The summed E-state index contributed by atoms with van der Waals surface area (Å²) in [6.45, 7) is 17.1. The Kier molecular flexibility index (Phi) is 5.47. The molecule has 1 unspecified atom stereocenters. The number of ketones is 2. The molecule has 33 heavy (non-hydrogen) atoms. The topological polar surface area (TPSA) is 60.4 Å². The predicted molar refractivity (Wildman–Crippen MR) is 129 cm³/mol. The lowest BCUT2D eigenvalue weighted by molar-refractivity contribution is -0.150. The maximum absolute atomic E-state index is 13.6. The van der Waals surface area contributed by atoms with Crippen LogP contribution in [0.1, 0.15) is 93.9 Å². The van der Waals surface area contributed by atoms with E-state index in [9.17, 15) is 14.4 Å². The Hall–Kier alpha value is -1.71. The number of allylic oxidation sites excluding steroid dienone is 2. The van der Waals surface area contributed by atoms with Gasteiger partial charge in [-0.1, -0.05) is 67.0 Å². The average molecular weight is 455 g/mol. The average Bonchev–Trinajstić information content (AvgIpc) is 3.21. The summed E-state index contributed by atoms with van der Waals surface area (Å²) >= 11 is 0. The van der Waals surface area contributed by atoms with E-state index in [0.717, 1.165) is 43.3 Å². The molecule has 4 fully saturated rings. The standard InChI is InChI=1S/C29H42O4/c1-9-13-29(24(32)33-10-2,16-18-20-11-14-27(7,22(18)30)25(20,3)4)17-19-21-12-15-28(8,23(19)31)26(21,5)6/h16-17,20-21H,9-15H2,1-8H3/b18-16-,19-17-/t20-,21+,27-,28+,29?. The van der Waals surface area contributed by atoms with Crippen LogP contribution in [0.5, 0.6) is 0 Å². The van der Waals surface area contributed by atoms with E-state index in [1.807, 2.05) is 26.0 Å². The minimum atomic E-state index is -1.07. The fraction of sp³-hybridized carbons (Fsp3) is 0.759. The number of carbonyl (C=O) groups excluding carboxylic acids is 3. The quantitative estimate of drug-likeness (QED) is 0.352. The molecule has 5 atom stereocenters. The van der Waals surface area contributed by atoms with Crippen LogP contribution >= 0.6 is 0 Å². The molecular weight excluding hydrogens is 412 g/mol. The van der Waals surface area contributed by atoms with Gasteiger partial charge in [0.1, 0.15) is 5.41 Å². The summed E-state index contributed by atoms with van der Waals surface area (Å²) in [7, 11) is 0. The van der Waals surface area contributed by atoms with Crippen molar-refractivity contribution in [2.24, 2.45) is 38.9 Å². The van der Waals surface area contributed by atoms with Crippen molar-refractivity contribution in [1.82, 2.24) is 0 Å². The molecule has 4 aliphatic rings. The van der Waals surface area contributed by atoms with E-state index >= 15 is 0 Å². The van der Waals surface area contributed by atoms with Crippen LogP contribution in [0, 0.1) is 38.9 Å². The van der Waals surface area contributed by atoms with Crippen LogP contribution in [0.4, 0.5) is 0 Å². The van der Waals surface area contributed by atoms with E-state index in [1.165, 1.54) is 0 Å². The fourth-order valence-corrected chi connectivity index (χ4v) is 7.83. The van der Waals surface area contributed by atoms with Gasteiger partial charge in [-0.15, -0.1) is 0 Å². The van der Waals surface area contributed by atoms with E-state index < -0.39 is 5.41 Å². The molecule has 0 heterocycles. The van der Waals surface area contributed by atoms with Crippen molar-refractivity contribution in [3.05, 3.63) is 23.3 Å². The molecule has 4 nitrogen and oxygen atoms in total. The molecular formula is C29H42O4. The molecule has 0 saturated heterocycles. The maximum Gasteiger partial charge on any atom is 0.319 e. The molecule has 4 aliphatic carbocycles. The van der Waals surface area contributed by atoms with E-state index in [1.54, 1.807) is 0 Å². The van der Waals surface area contributed by atoms with Gasteiger partial charge in [0.05, 0.1) is 6.61 Å². The first-order chi connectivity index (χ1) is 15.2. The van der Waals surface area contributed by atoms with Crippen LogP contribution in [-0.2, 0) is 19.1 Å². The lowest BCUT2D eigenvalue weighted by Crippen LogP contribution is -2.34. The van der Waals surface area contributed by atoms with Crippen LogP contribution in [0.2, 0.25) is 0 Å². The number of hydrogen-bond acceptors (Lipinski definition) is 4. The van der Waals surface area contributed by atoms with Crippen molar-refractivity contribution in [1.29, 1.82) is 0 Å². The van der Waals surface area contributed by atoms with Crippen molar-refractivity contribution in [2.75, 3.05) is 6.61 Å². The van der Waals surface area contributed by atoms with Crippen molar-refractivity contribution in [2.45, 2.75) is 93.9 Å². The molecule has 4 heteroatoms. The molecule has 4 bridgehead atoms. The summed E-state index contributed by atoms with van der Waals surface area (Å²) in [6, 6.07) is 0. The molecule has 0 N–H and O–H groups in total. The van der Waals surface area contributed by atoms with E-state index in [0.29, 0.717) is 6.42 Å². The van der Waals surface area contributed by atoms with Gasteiger partial charge in [0, 0.05) is 10.8 Å². The van der Waals surface area contributed by atoms with E-state index in [2.05, 4.69) is 41.5 Å². The third kappa shape index (κ3) is 2.91. The van der Waals surface area contributed by atoms with Crippen LogP contribution in [-0.4, -0.2) is 24.1 Å². The highest BCUT2D eigenvalue weighted by Crippen LogP contribution is 2.67.